The molecule has 0 spiro atoms. The number of nitrogens with zero attached hydrogens (tertiary/aromatic N) is 3. The van der Waals surface area contributed by atoms with Gasteiger partial charge in [0.2, 0.25) is 17.4 Å². The summed E-state index contributed by atoms with van der Waals surface area (Å²) in [5, 5.41) is 15.0. The number of benzene rings is 2. The van der Waals surface area contributed by atoms with Crippen LogP contribution in [0.15, 0.2) is 63.1 Å². The van der Waals surface area contributed by atoms with Crippen LogP contribution >= 0.6 is 0 Å². The number of hydrogen-bond acceptors (Lipinski definition) is 8. The largest absolute Gasteiger partial charge is 0.463 e. The van der Waals surface area contributed by atoms with Crippen molar-refractivity contribution in [1.29, 1.82) is 0 Å². The number of carbonyl (C=O) groups excluding carboxylic acids is 2. The van der Waals surface area contributed by atoms with Gasteiger partial charge in [0, 0.05) is 12.1 Å². The van der Waals surface area contributed by atoms with Gasteiger partial charge in [-0.05, 0) is 36.8 Å². The minimum atomic E-state index is -1.22. The number of non-ortho nitro benzene ring substituents is 1. The predicted octanol–water partition coefficient (Wildman–Crippen LogP) is 2.30. The summed E-state index contributed by atoms with van der Waals surface area (Å²) in [6.07, 6.45) is -0.00755. The molecule has 0 bridgehead atoms. The van der Waals surface area contributed by atoms with E-state index in [4.69, 9.17) is 9.25 Å². The number of carbonyl (C=O) groups is 2. The summed E-state index contributed by atoms with van der Waals surface area (Å²) in [5.74, 6) is -2.42. The molecule has 31 heavy (non-hydrogen) atoms. The zero-order valence-electron chi connectivity index (χ0n) is 16.0. The maximum atomic E-state index is 13.1. The molecule has 0 N–H and O–H groups in total. The topological polar surface area (TPSA) is 132 Å². The molecule has 1 fully saturated rings. The fourth-order valence-corrected chi connectivity index (χ4v) is 3.79. The fraction of sp³-hybridized carbons (Fsp3) is 0.143. The normalized spacial score (nSPS) is 20.0. The minimum Gasteiger partial charge on any atom is -0.463 e. The molecule has 154 valence electrons. The Morgan fingerprint density at radius 3 is 2.52 bits per heavy atom. The molecule has 1 aromatic heterocycles. The molecule has 2 atom stereocenters. The van der Waals surface area contributed by atoms with Gasteiger partial charge in [-0.25, -0.2) is 4.90 Å². The van der Waals surface area contributed by atoms with Crippen LogP contribution in [0, 0.1) is 23.0 Å². The van der Waals surface area contributed by atoms with Crippen LogP contribution in [0.1, 0.15) is 11.1 Å². The number of anilines is 1. The van der Waals surface area contributed by atoms with Gasteiger partial charge in [0.05, 0.1) is 21.6 Å². The molecular formula is C21H13N3O7. The van der Waals surface area contributed by atoms with Crippen molar-refractivity contribution >= 4 is 39.9 Å². The third kappa shape index (κ3) is 2.72. The SMILES string of the molecule is Cc1ccc2c(=O)c(C3=NOC4C(=O)N(c5ccc([N+](=O)[O-])cc5)C(=O)C34)coc2c1. The van der Waals surface area contributed by atoms with Crippen molar-refractivity contribution in [3.63, 3.8) is 0 Å². The Morgan fingerprint density at radius 1 is 1.06 bits per heavy atom. The van der Waals surface area contributed by atoms with Crippen LogP contribution in [0.4, 0.5) is 11.4 Å². The van der Waals surface area contributed by atoms with Gasteiger partial charge in [0.1, 0.15) is 23.5 Å². The lowest BCUT2D eigenvalue weighted by atomic mass is 9.94. The second-order valence-corrected chi connectivity index (χ2v) is 7.24. The van der Waals surface area contributed by atoms with Gasteiger partial charge >= 0.3 is 0 Å². The second kappa shape index (κ2) is 6.59. The van der Waals surface area contributed by atoms with Crippen LogP contribution in [0.3, 0.4) is 0 Å². The molecule has 0 saturated carbocycles. The molecule has 0 radical (unpaired) electrons. The molecule has 3 aromatic rings. The Balaban J connectivity index is 1.53. The molecule has 1 saturated heterocycles. The lowest BCUT2D eigenvalue weighted by Crippen LogP contribution is -2.33. The third-order valence-electron chi connectivity index (χ3n) is 5.34. The van der Waals surface area contributed by atoms with Crippen molar-refractivity contribution in [3.05, 3.63) is 80.2 Å². The van der Waals surface area contributed by atoms with Crippen molar-refractivity contribution in [2.24, 2.45) is 11.1 Å². The number of rotatable bonds is 3. The van der Waals surface area contributed by atoms with E-state index in [0.29, 0.717) is 11.0 Å². The molecular weight excluding hydrogens is 406 g/mol. The number of aryl methyl sites for hydroxylation is 1. The van der Waals surface area contributed by atoms with Crippen molar-refractivity contribution in [2.75, 3.05) is 4.90 Å². The summed E-state index contributed by atoms with van der Waals surface area (Å²) >= 11 is 0. The Labute approximate surface area is 173 Å². The Hall–Kier alpha value is -4.34. The fourth-order valence-electron chi connectivity index (χ4n) is 3.79. The van der Waals surface area contributed by atoms with Gasteiger partial charge in [0.15, 0.2) is 0 Å². The summed E-state index contributed by atoms with van der Waals surface area (Å²) in [7, 11) is 0. The van der Waals surface area contributed by atoms with Crippen molar-refractivity contribution in [1.82, 2.24) is 0 Å². The summed E-state index contributed by atoms with van der Waals surface area (Å²) in [6, 6.07) is 10.1. The van der Waals surface area contributed by atoms with Gasteiger partial charge in [0.25, 0.3) is 11.6 Å². The zero-order valence-corrected chi connectivity index (χ0v) is 16.0. The van der Waals surface area contributed by atoms with Gasteiger partial charge in [-0.1, -0.05) is 11.2 Å². The number of hydrogen-bond donors (Lipinski definition) is 0. The highest BCUT2D eigenvalue weighted by Gasteiger charge is 2.56. The molecule has 10 heteroatoms. The van der Waals surface area contributed by atoms with E-state index >= 15 is 0 Å². The number of nitro benzene ring substituents is 1. The van der Waals surface area contributed by atoms with E-state index in [1.807, 2.05) is 6.92 Å². The Bertz CT molecular complexity index is 1370. The standard InChI is InChI=1S/C21H13N3O7/c1-10-2-7-13-15(8-10)30-9-14(18(13)25)17-16-19(31-22-17)21(27)23(20(16)26)11-3-5-12(6-4-11)24(28)29/h2-9,16,19H,1H3. The monoisotopic (exact) mass is 419 g/mol. The average Bonchev–Trinajstić information content (AvgIpc) is 3.28. The lowest BCUT2D eigenvalue weighted by molar-refractivity contribution is -0.384. The molecule has 10 nitrogen and oxygen atoms in total. The van der Waals surface area contributed by atoms with Crippen molar-refractivity contribution < 1.29 is 23.8 Å². The van der Waals surface area contributed by atoms with Crippen LogP contribution in [0.5, 0.6) is 0 Å². The number of oxime groups is 1. The second-order valence-electron chi connectivity index (χ2n) is 7.24. The molecule has 2 unspecified atom stereocenters. The van der Waals surface area contributed by atoms with Crippen molar-refractivity contribution in [2.45, 2.75) is 13.0 Å². The van der Waals surface area contributed by atoms with Gasteiger partial charge in [-0.3, -0.25) is 24.5 Å². The first-order valence-electron chi connectivity index (χ1n) is 9.25. The smallest absolute Gasteiger partial charge is 0.278 e. The van der Waals surface area contributed by atoms with E-state index < -0.39 is 34.2 Å². The van der Waals surface area contributed by atoms with Crippen molar-refractivity contribution in [3.8, 4) is 0 Å². The first kappa shape index (κ1) is 18.7. The van der Waals surface area contributed by atoms with Crippen LogP contribution < -0.4 is 10.3 Å². The average molecular weight is 419 g/mol. The Kier molecular flexibility index (Phi) is 3.97. The first-order chi connectivity index (χ1) is 14.9. The molecule has 2 aromatic carbocycles. The highest BCUT2D eigenvalue weighted by molar-refractivity contribution is 6.32. The van der Waals surface area contributed by atoms with Crippen LogP contribution in [0.2, 0.25) is 0 Å². The van der Waals surface area contributed by atoms with Gasteiger partial charge in [-0.15, -0.1) is 0 Å². The van der Waals surface area contributed by atoms with Crippen LogP contribution in [-0.2, 0) is 14.4 Å². The van der Waals surface area contributed by atoms with E-state index in [1.54, 1.807) is 18.2 Å². The highest BCUT2D eigenvalue weighted by Crippen LogP contribution is 2.35. The van der Waals surface area contributed by atoms with E-state index in [9.17, 15) is 24.5 Å². The quantitative estimate of drug-likeness (QED) is 0.361. The maximum Gasteiger partial charge on any atom is 0.278 e. The van der Waals surface area contributed by atoms with Gasteiger partial charge in [-0.2, -0.15) is 0 Å². The summed E-state index contributed by atoms with van der Waals surface area (Å²) in [4.78, 5) is 55.3. The third-order valence-corrected chi connectivity index (χ3v) is 5.34. The molecule has 2 aliphatic rings. The molecule has 0 aliphatic carbocycles. The predicted molar refractivity (Wildman–Crippen MR) is 108 cm³/mol. The summed E-state index contributed by atoms with van der Waals surface area (Å²) in [5.41, 5.74) is 0.966. The van der Waals surface area contributed by atoms with E-state index in [1.165, 1.54) is 30.5 Å². The van der Waals surface area contributed by atoms with E-state index in [0.717, 1.165) is 10.5 Å². The molecule has 5 rings (SSSR count). The molecule has 2 aliphatic heterocycles. The summed E-state index contributed by atoms with van der Waals surface area (Å²) < 4.78 is 5.56. The number of fused-ring (bicyclic) bond motifs is 2. The van der Waals surface area contributed by atoms with E-state index in [-0.39, 0.29) is 22.6 Å². The number of nitro groups is 1. The highest BCUT2D eigenvalue weighted by atomic mass is 16.7. The lowest BCUT2D eigenvalue weighted by Gasteiger charge is -2.15. The van der Waals surface area contributed by atoms with Crippen LogP contribution in [-0.4, -0.2) is 28.6 Å². The summed E-state index contributed by atoms with van der Waals surface area (Å²) in [6.45, 7) is 1.86. The minimum absolute atomic E-state index is 0.0176. The number of amides is 2. The van der Waals surface area contributed by atoms with Gasteiger partial charge < -0.3 is 9.25 Å². The maximum absolute atomic E-state index is 13.1. The number of imide groups is 1. The Morgan fingerprint density at radius 2 is 1.81 bits per heavy atom. The first-order valence-corrected chi connectivity index (χ1v) is 9.25. The zero-order chi connectivity index (χ0) is 21.9. The molecule has 2 amide bonds. The van der Waals surface area contributed by atoms with E-state index in [2.05, 4.69) is 5.16 Å². The van der Waals surface area contributed by atoms with Crippen LogP contribution in [0.25, 0.3) is 11.0 Å². The molecule has 3 heterocycles.